The fraction of sp³-hybridized carbons (Fsp3) is 0.462. The fourth-order valence-corrected chi connectivity index (χ4v) is 1.57. The minimum absolute atomic E-state index is 0.220. The SMILES string of the molecule is COc1ccc(CNC(C)C(O)C(F)(F)C(=O)O)cc1. The van der Waals surface area contributed by atoms with E-state index >= 15 is 0 Å². The van der Waals surface area contributed by atoms with Crippen molar-refractivity contribution in [3.05, 3.63) is 29.8 Å². The van der Waals surface area contributed by atoms with E-state index in [0.717, 1.165) is 5.56 Å². The van der Waals surface area contributed by atoms with Gasteiger partial charge in [0.1, 0.15) is 11.9 Å². The van der Waals surface area contributed by atoms with Crippen LogP contribution in [0.4, 0.5) is 8.78 Å². The second-order valence-corrected chi connectivity index (χ2v) is 4.39. The summed E-state index contributed by atoms with van der Waals surface area (Å²) in [6.07, 6.45) is -2.31. The topological polar surface area (TPSA) is 78.8 Å². The van der Waals surface area contributed by atoms with E-state index in [2.05, 4.69) is 5.32 Å². The molecule has 20 heavy (non-hydrogen) atoms. The van der Waals surface area contributed by atoms with E-state index in [0.29, 0.717) is 5.75 Å². The van der Waals surface area contributed by atoms with Gasteiger partial charge in [0, 0.05) is 12.6 Å². The van der Waals surface area contributed by atoms with E-state index < -0.39 is 24.0 Å². The van der Waals surface area contributed by atoms with Crippen molar-refractivity contribution in [1.29, 1.82) is 0 Å². The maximum absolute atomic E-state index is 13.1. The summed E-state index contributed by atoms with van der Waals surface area (Å²) in [5.74, 6) is -5.87. The first-order valence-electron chi connectivity index (χ1n) is 5.94. The number of ether oxygens (including phenoxy) is 1. The number of carboxylic acids is 1. The van der Waals surface area contributed by atoms with Crippen LogP contribution in [0.15, 0.2) is 24.3 Å². The highest BCUT2D eigenvalue weighted by Gasteiger charge is 2.49. The molecule has 0 heterocycles. The molecule has 0 fully saturated rings. The highest BCUT2D eigenvalue weighted by atomic mass is 19.3. The number of alkyl halides is 2. The number of carboxylic acid groups (broad SMARTS) is 1. The third-order valence-corrected chi connectivity index (χ3v) is 2.92. The second kappa shape index (κ2) is 6.62. The summed E-state index contributed by atoms with van der Waals surface area (Å²) in [6, 6.07) is 5.82. The second-order valence-electron chi connectivity index (χ2n) is 4.39. The van der Waals surface area contributed by atoms with Gasteiger partial charge in [0.15, 0.2) is 0 Å². The normalized spacial score (nSPS) is 14.7. The highest BCUT2D eigenvalue weighted by molar-refractivity contribution is 5.76. The molecule has 2 unspecified atom stereocenters. The van der Waals surface area contributed by atoms with Gasteiger partial charge in [-0.2, -0.15) is 8.78 Å². The molecule has 0 saturated carbocycles. The first kappa shape index (κ1) is 16.3. The number of aliphatic hydroxyl groups is 1. The van der Waals surface area contributed by atoms with Crippen LogP contribution in [-0.2, 0) is 11.3 Å². The van der Waals surface area contributed by atoms with Gasteiger partial charge in [0.05, 0.1) is 7.11 Å². The predicted molar refractivity (Wildman–Crippen MR) is 67.9 cm³/mol. The van der Waals surface area contributed by atoms with Gasteiger partial charge in [-0.05, 0) is 24.6 Å². The summed E-state index contributed by atoms with van der Waals surface area (Å²) in [5.41, 5.74) is 0.795. The predicted octanol–water partition coefficient (Wildman–Crippen LogP) is 1.25. The summed E-state index contributed by atoms with van der Waals surface area (Å²) in [7, 11) is 1.53. The van der Waals surface area contributed by atoms with Gasteiger partial charge in [-0.15, -0.1) is 0 Å². The molecule has 2 atom stereocenters. The molecule has 0 spiro atoms. The lowest BCUT2D eigenvalue weighted by atomic mass is 10.1. The molecule has 1 rings (SSSR count). The van der Waals surface area contributed by atoms with E-state index in [1.165, 1.54) is 14.0 Å². The molecule has 1 aromatic carbocycles. The van der Waals surface area contributed by atoms with Crippen LogP contribution in [-0.4, -0.2) is 41.4 Å². The molecular weight excluding hydrogens is 272 g/mol. The number of halogens is 2. The molecule has 0 aliphatic rings. The van der Waals surface area contributed by atoms with Crippen LogP contribution in [0.2, 0.25) is 0 Å². The highest BCUT2D eigenvalue weighted by Crippen LogP contribution is 2.21. The van der Waals surface area contributed by atoms with E-state index in [9.17, 15) is 18.7 Å². The van der Waals surface area contributed by atoms with Crippen molar-refractivity contribution >= 4 is 5.97 Å². The van der Waals surface area contributed by atoms with Crippen molar-refractivity contribution < 1.29 is 28.5 Å². The minimum Gasteiger partial charge on any atom is -0.497 e. The van der Waals surface area contributed by atoms with Crippen LogP contribution in [0, 0.1) is 0 Å². The van der Waals surface area contributed by atoms with Crippen LogP contribution in [0.1, 0.15) is 12.5 Å². The lowest BCUT2D eigenvalue weighted by Crippen LogP contribution is -2.51. The number of hydrogen-bond donors (Lipinski definition) is 3. The van der Waals surface area contributed by atoms with E-state index in [1.54, 1.807) is 24.3 Å². The van der Waals surface area contributed by atoms with Crippen LogP contribution < -0.4 is 10.1 Å². The maximum atomic E-state index is 13.1. The Hall–Kier alpha value is -1.73. The Bertz CT molecular complexity index is 450. The molecule has 0 saturated heterocycles. The molecule has 112 valence electrons. The Kier molecular flexibility index (Phi) is 5.41. The molecule has 0 aliphatic carbocycles. The number of aliphatic hydroxyl groups excluding tert-OH is 1. The zero-order valence-corrected chi connectivity index (χ0v) is 11.1. The van der Waals surface area contributed by atoms with Gasteiger partial charge in [0.25, 0.3) is 0 Å². The van der Waals surface area contributed by atoms with Crippen molar-refractivity contribution in [1.82, 2.24) is 5.32 Å². The number of carbonyl (C=O) groups is 1. The first-order chi connectivity index (χ1) is 9.28. The summed E-state index contributed by atoms with van der Waals surface area (Å²) in [5, 5.41) is 20.4. The Morgan fingerprint density at radius 1 is 1.40 bits per heavy atom. The largest absolute Gasteiger partial charge is 0.497 e. The van der Waals surface area contributed by atoms with Crippen molar-refractivity contribution in [2.45, 2.75) is 31.5 Å². The molecule has 0 bridgehead atoms. The molecule has 0 amide bonds. The molecule has 0 aliphatic heterocycles. The van der Waals surface area contributed by atoms with Gasteiger partial charge >= 0.3 is 11.9 Å². The van der Waals surface area contributed by atoms with Crippen molar-refractivity contribution in [3.8, 4) is 5.75 Å². The van der Waals surface area contributed by atoms with Crippen LogP contribution in [0.25, 0.3) is 0 Å². The van der Waals surface area contributed by atoms with E-state index in [-0.39, 0.29) is 6.54 Å². The Balaban J connectivity index is 2.58. The summed E-state index contributed by atoms with van der Waals surface area (Å²) in [6.45, 7) is 1.52. The minimum atomic E-state index is -4.19. The van der Waals surface area contributed by atoms with Crippen molar-refractivity contribution in [2.75, 3.05) is 7.11 Å². The maximum Gasteiger partial charge on any atom is 0.377 e. The van der Waals surface area contributed by atoms with Gasteiger partial charge in [-0.25, -0.2) is 4.79 Å². The zero-order valence-electron chi connectivity index (χ0n) is 11.1. The number of hydrogen-bond acceptors (Lipinski definition) is 4. The fourth-order valence-electron chi connectivity index (χ4n) is 1.57. The third kappa shape index (κ3) is 3.88. The van der Waals surface area contributed by atoms with Crippen LogP contribution in [0.3, 0.4) is 0 Å². The number of rotatable bonds is 7. The monoisotopic (exact) mass is 289 g/mol. The quantitative estimate of drug-likeness (QED) is 0.704. The van der Waals surface area contributed by atoms with Gasteiger partial charge < -0.3 is 20.3 Å². The van der Waals surface area contributed by atoms with Crippen LogP contribution in [0.5, 0.6) is 5.75 Å². The number of aliphatic carboxylic acids is 1. The van der Waals surface area contributed by atoms with Crippen molar-refractivity contribution in [2.24, 2.45) is 0 Å². The lowest BCUT2D eigenvalue weighted by molar-refractivity contribution is -0.184. The van der Waals surface area contributed by atoms with E-state index in [4.69, 9.17) is 9.84 Å². The molecular formula is C13H17F2NO4. The Morgan fingerprint density at radius 2 is 1.95 bits per heavy atom. The van der Waals surface area contributed by atoms with Gasteiger partial charge in [-0.1, -0.05) is 12.1 Å². The van der Waals surface area contributed by atoms with E-state index in [1.807, 2.05) is 0 Å². The average molecular weight is 289 g/mol. The van der Waals surface area contributed by atoms with Crippen molar-refractivity contribution in [3.63, 3.8) is 0 Å². The summed E-state index contributed by atoms with van der Waals surface area (Å²) in [4.78, 5) is 10.4. The summed E-state index contributed by atoms with van der Waals surface area (Å²) < 4.78 is 31.2. The van der Waals surface area contributed by atoms with Gasteiger partial charge in [0.2, 0.25) is 0 Å². The Morgan fingerprint density at radius 3 is 2.40 bits per heavy atom. The van der Waals surface area contributed by atoms with Gasteiger partial charge in [-0.3, -0.25) is 0 Å². The molecule has 0 aromatic heterocycles. The lowest BCUT2D eigenvalue weighted by Gasteiger charge is -2.25. The average Bonchev–Trinajstić information content (AvgIpc) is 2.44. The molecule has 1 aromatic rings. The molecule has 5 nitrogen and oxygen atoms in total. The van der Waals surface area contributed by atoms with Crippen LogP contribution >= 0.6 is 0 Å². The number of methoxy groups -OCH3 is 1. The molecule has 0 radical (unpaired) electrons. The zero-order chi connectivity index (χ0) is 15.3. The number of benzene rings is 1. The molecule has 7 heteroatoms. The molecule has 3 N–H and O–H groups in total. The Labute approximate surface area is 115 Å². The standard InChI is InChI=1S/C13H17F2NO4/c1-8(11(17)13(14,15)12(18)19)16-7-9-3-5-10(20-2)6-4-9/h3-6,8,11,16-17H,7H2,1-2H3,(H,18,19). The first-order valence-corrected chi connectivity index (χ1v) is 5.94. The smallest absolute Gasteiger partial charge is 0.377 e. The number of nitrogens with one attached hydrogen (secondary N) is 1. The third-order valence-electron chi connectivity index (χ3n) is 2.92. The summed E-state index contributed by atoms with van der Waals surface area (Å²) >= 11 is 0.